The maximum absolute atomic E-state index is 11.6. The number of aromatic amines is 1. The number of pyridine rings is 1. The molecule has 0 atom stereocenters. The molecule has 0 saturated heterocycles. The van der Waals surface area contributed by atoms with Crippen LogP contribution in [0.3, 0.4) is 0 Å². The Balaban J connectivity index is 2.91. The van der Waals surface area contributed by atoms with Gasteiger partial charge in [-0.25, -0.2) is 0 Å². The van der Waals surface area contributed by atoms with Gasteiger partial charge in [0, 0.05) is 17.0 Å². The predicted octanol–water partition coefficient (Wildman–Crippen LogP) is 3.21. The highest BCUT2D eigenvalue weighted by Crippen LogP contribution is 2.26. The van der Waals surface area contributed by atoms with Crippen molar-refractivity contribution in [3.63, 3.8) is 0 Å². The van der Waals surface area contributed by atoms with Crippen LogP contribution in [0.1, 0.15) is 37.8 Å². The third kappa shape index (κ3) is 1.75. The van der Waals surface area contributed by atoms with E-state index >= 15 is 0 Å². The largest absolute Gasteiger partial charge is 0.322 e. The maximum atomic E-state index is 11.6. The summed E-state index contributed by atoms with van der Waals surface area (Å²) in [6.45, 7) is 6.39. The number of aromatic nitrogens is 1. The van der Waals surface area contributed by atoms with Crippen molar-refractivity contribution in [1.29, 1.82) is 0 Å². The molecule has 1 heterocycles. The molecule has 84 valence electrons. The van der Waals surface area contributed by atoms with Crippen LogP contribution in [0.4, 0.5) is 0 Å². The second-order valence-corrected chi connectivity index (χ2v) is 4.44. The van der Waals surface area contributed by atoms with Gasteiger partial charge in [0.2, 0.25) is 5.56 Å². The van der Waals surface area contributed by atoms with Gasteiger partial charge >= 0.3 is 0 Å². The van der Waals surface area contributed by atoms with E-state index in [1.54, 1.807) is 6.07 Å². The third-order valence-electron chi connectivity index (χ3n) is 2.99. The summed E-state index contributed by atoms with van der Waals surface area (Å²) in [6, 6.07) is 7.83. The van der Waals surface area contributed by atoms with Crippen LogP contribution in [0.5, 0.6) is 0 Å². The molecular formula is C14H17NO. The lowest BCUT2D eigenvalue weighted by molar-refractivity contribution is 0.869. The summed E-state index contributed by atoms with van der Waals surface area (Å²) in [5, 5.41) is 1.22. The van der Waals surface area contributed by atoms with Crippen molar-refractivity contribution in [2.45, 2.75) is 33.1 Å². The van der Waals surface area contributed by atoms with Crippen molar-refractivity contribution < 1.29 is 0 Å². The van der Waals surface area contributed by atoms with Crippen LogP contribution in [0.15, 0.2) is 29.1 Å². The lowest BCUT2D eigenvalue weighted by Crippen LogP contribution is -2.08. The van der Waals surface area contributed by atoms with Gasteiger partial charge in [-0.05, 0) is 29.5 Å². The minimum atomic E-state index is -0.00977. The number of hydrogen-bond acceptors (Lipinski definition) is 1. The molecule has 0 fully saturated rings. The first-order valence-corrected chi connectivity index (χ1v) is 5.78. The third-order valence-corrected chi connectivity index (χ3v) is 2.99. The SMILES string of the molecule is CCc1cccc2[nH]c(=O)cc(C(C)C)c12. The van der Waals surface area contributed by atoms with Crippen molar-refractivity contribution in [3.05, 3.63) is 45.7 Å². The summed E-state index contributed by atoms with van der Waals surface area (Å²) < 4.78 is 0. The van der Waals surface area contributed by atoms with E-state index < -0.39 is 0 Å². The summed E-state index contributed by atoms with van der Waals surface area (Å²) in [7, 11) is 0. The van der Waals surface area contributed by atoms with Crippen molar-refractivity contribution in [2.24, 2.45) is 0 Å². The van der Waals surface area contributed by atoms with E-state index in [1.165, 1.54) is 10.9 Å². The average molecular weight is 215 g/mol. The molecular weight excluding hydrogens is 198 g/mol. The van der Waals surface area contributed by atoms with Crippen molar-refractivity contribution in [2.75, 3.05) is 0 Å². The van der Waals surface area contributed by atoms with Crippen LogP contribution < -0.4 is 5.56 Å². The molecule has 0 aliphatic heterocycles. The Hall–Kier alpha value is -1.57. The van der Waals surface area contributed by atoms with E-state index in [1.807, 2.05) is 12.1 Å². The molecule has 0 aliphatic carbocycles. The van der Waals surface area contributed by atoms with Crippen LogP contribution in [0.2, 0.25) is 0 Å². The smallest absolute Gasteiger partial charge is 0.248 e. The topological polar surface area (TPSA) is 32.9 Å². The van der Waals surface area contributed by atoms with Crippen LogP contribution >= 0.6 is 0 Å². The number of rotatable bonds is 2. The summed E-state index contributed by atoms with van der Waals surface area (Å²) in [5.74, 6) is 0.373. The Bertz CT molecular complexity index is 566. The Morgan fingerprint density at radius 3 is 2.69 bits per heavy atom. The zero-order valence-corrected chi connectivity index (χ0v) is 10.0. The van der Waals surface area contributed by atoms with E-state index in [9.17, 15) is 4.79 Å². The van der Waals surface area contributed by atoms with Gasteiger partial charge in [-0.1, -0.05) is 32.9 Å². The van der Waals surface area contributed by atoms with Gasteiger partial charge in [0.1, 0.15) is 0 Å². The molecule has 2 nitrogen and oxygen atoms in total. The monoisotopic (exact) mass is 215 g/mol. The Morgan fingerprint density at radius 1 is 1.31 bits per heavy atom. The normalized spacial score (nSPS) is 11.2. The number of hydrogen-bond donors (Lipinski definition) is 1. The number of aryl methyl sites for hydroxylation is 1. The van der Waals surface area contributed by atoms with Gasteiger partial charge < -0.3 is 4.98 Å². The maximum Gasteiger partial charge on any atom is 0.248 e. The predicted molar refractivity (Wildman–Crippen MR) is 68.0 cm³/mol. The molecule has 0 saturated carbocycles. The Kier molecular flexibility index (Phi) is 2.82. The molecule has 0 bridgehead atoms. The molecule has 0 spiro atoms. The fourth-order valence-corrected chi connectivity index (χ4v) is 2.18. The molecule has 0 aliphatic rings. The van der Waals surface area contributed by atoms with E-state index in [-0.39, 0.29) is 5.56 Å². The lowest BCUT2D eigenvalue weighted by Gasteiger charge is -2.12. The van der Waals surface area contributed by atoms with Gasteiger partial charge in [-0.15, -0.1) is 0 Å². The first-order valence-electron chi connectivity index (χ1n) is 5.78. The summed E-state index contributed by atoms with van der Waals surface area (Å²) in [6.07, 6.45) is 0.989. The van der Waals surface area contributed by atoms with Gasteiger partial charge in [0.15, 0.2) is 0 Å². The fourth-order valence-electron chi connectivity index (χ4n) is 2.18. The van der Waals surface area contributed by atoms with Crippen LogP contribution in [0.25, 0.3) is 10.9 Å². The number of benzene rings is 1. The van der Waals surface area contributed by atoms with Crippen LogP contribution in [-0.4, -0.2) is 4.98 Å². The van der Waals surface area contributed by atoms with Crippen molar-refractivity contribution >= 4 is 10.9 Å². The fraction of sp³-hybridized carbons (Fsp3) is 0.357. The molecule has 1 N–H and O–H groups in total. The summed E-state index contributed by atoms with van der Waals surface area (Å²) in [4.78, 5) is 14.5. The quantitative estimate of drug-likeness (QED) is 0.819. The van der Waals surface area contributed by atoms with Crippen molar-refractivity contribution in [1.82, 2.24) is 4.98 Å². The summed E-state index contributed by atoms with van der Waals surface area (Å²) >= 11 is 0. The zero-order valence-electron chi connectivity index (χ0n) is 10.0. The van der Waals surface area contributed by atoms with Crippen molar-refractivity contribution in [3.8, 4) is 0 Å². The average Bonchev–Trinajstić information content (AvgIpc) is 2.26. The molecule has 0 radical (unpaired) electrons. The first-order chi connectivity index (χ1) is 7.63. The van der Waals surface area contributed by atoms with E-state index in [0.717, 1.165) is 17.5 Å². The zero-order chi connectivity index (χ0) is 11.7. The van der Waals surface area contributed by atoms with E-state index in [0.29, 0.717) is 5.92 Å². The Morgan fingerprint density at radius 2 is 2.06 bits per heavy atom. The molecule has 1 aromatic carbocycles. The number of H-pyrrole nitrogens is 1. The molecule has 2 rings (SSSR count). The van der Waals surface area contributed by atoms with Gasteiger partial charge in [0.05, 0.1) is 0 Å². The molecule has 2 heteroatoms. The molecule has 0 amide bonds. The minimum absolute atomic E-state index is 0.00977. The van der Waals surface area contributed by atoms with Gasteiger partial charge in [-0.2, -0.15) is 0 Å². The standard InChI is InChI=1S/C14H17NO/c1-4-10-6-5-7-12-14(10)11(9(2)3)8-13(16)15-12/h5-9H,4H2,1-3H3,(H,15,16). The number of fused-ring (bicyclic) bond motifs is 1. The number of nitrogens with one attached hydrogen (secondary N) is 1. The summed E-state index contributed by atoms with van der Waals surface area (Å²) in [5.41, 5.74) is 3.40. The van der Waals surface area contributed by atoms with E-state index in [4.69, 9.17) is 0 Å². The molecule has 0 unspecified atom stereocenters. The van der Waals surface area contributed by atoms with Crippen LogP contribution in [-0.2, 0) is 6.42 Å². The molecule has 16 heavy (non-hydrogen) atoms. The van der Waals surface area contributed by atoms with Gasteiger partial charge in [0.25, 0.3) is 0 Å². The highest BCUT2D eigenvalue weighted by Gasteiger charge is 2.09. The highest BCUT2D eigenvalue weighted by molar-refractivity contribution is 5.85. The minimum Gasteiger partial charge on any atom is -0.322 e. The van der Waals surface area contributed by atoms with Crippen LogP contribution in [0, 0.1) is 0 Å². The highest BCUT2D eigenvalue weighted by atomic mass is 16.1. The second-order valence-electron chi connectivity index (χ2n) is 4.44. The second kappa shape index (κ2) is 4.12. The first kappa shape index (κ1) is 10.9. The molecule has 2 aromatic rings. The Labute approximate surface area is 95.3 Å². The van der Waals surface area contributed by atoms with E-state index in [2.05, 4.69) is 31.8 Å². The van der Waals surface area contributed by atoms with Gasteiger partial charge in [-0.3, -0.25) is 4.79 Å². The lowest BCUT2D eigenvalue weighted by atomic mass is 9.94. The molecule has 1 aromatic heterocycles.